The number of piperidine rings is 1. The Labute approximate surface area is 228 Å². The SMILES string of the molecule is NC1=NCC(c2ccc(S(=O)(=O)C3CCCNC3)cc2)=NC1=C1C=C(c2ccc(C3COCCN3)cc2)NO1. The summed E-state index contributed by atoms with van der Waals surface area (Å²) in [4.78, 5) is 15.3. The number of morpholine rings is 1. The van der Waals surface area contributed by atoms with Crippen LogP contribution < -0.4 is 21.8 Å². The monoisotopic (exact) mass is 548 g/mol. The lowest BCUT2D eigenvalue weighted by Crippen LogP contribution is -2.38. The molecule has 11 heteroatoms. The molecule has 4 aliphatic rings. The van der Waals surface area contributed by atoms with Crippen LogP contribution in [0.3, 0.4) is 0 Å². The zero-order chi connectivity index (χ0) is 26.8. The van der Waals surface area contributed by atoms with E-state index in [0.717, 1.165) is 42.9 Å². The molecule has 2 aromatic carbocycles. The van der Waals surface area contributed by atoms with Crippen LogP contribution in [0.2, 0.25) is 0 Å². The Morgan fingerprint density at radius 1 is 1.00 bits per heavy atom. The normalized spacial score (nSPS) is 25.7. The average Bonchev–Trinajstić information content (AvgIpc) is 3.49. The van der Waals surface area contributed by atoms with Gasteiger partial charge in [-0.3, -0.25) is 4.99 Å². The van der Waals surface area contributed by atoms with Crippen LogP contribution in [0.5, 0.6) is 0 Å². The fraction of sp³-hybridized carbons (Fsp3) is 0.357. The molecule has 10 nitrogen and oxygen atoms in total. The van der Waals surface area contributed by atoms with Gasteiger partial charge in [-0.25, -0.2) is 18.9 Å². The van der Waals surface area contributed by atoms with E-state index in [0.29, 0.717) is 48.2 Å². The van der Waals surface area contributed by atoms with E-state index in [4.69, 9.17) is 20.3 Å². The van der Waals surface area contributed by atoms with Gasteiger partial charge in [-0.15, -0.1) is 0 Å². The molecule has 5 N–H and O–H groups in total. The first-order chi connectivity index (χ1) is 19.0. The number of nitrogens with zero attached hydrogens (tertiary/aromatic N) is 2. The number of hydroxylamine groups is 1. The molecule has 4 aliphatic heterocycles. The molecular weight excluding hydrogens is 516 g/mol. The molecule has 0 aliphatic carbocycles. The Hall–Kier alpha value is -3.51. The minimum Gasteiger partial charge on any atom is -0.382 e. The number of sulfone groups is 1. The summed E-state index contributed by atoms with van der Waals surface area (Å²) in [5.74, 6) is 0.759. The van der Waals surface area contributed by atoms with Gasteiger partial charge in [-0.2, -0.15) is 0 Å². The van der Waals surface area contributed by atoms with Crippen molar-refractivity contribution in [1.29, 1.82) is 0 Å². The standard InChI is InChI=1S/C28H32N6O4S/c29-28-27(26-14-23(34-38-26)18-3-5-20(6-4-18)25-17-37-13-12-31-25)33-24(16-32-28)19-7-9-21(10-8-19)39(35,36)22-2-1-11-30-15-22/h3-10,14,22,25,30-31,34H,1-2,11-13,15-17H2,(H2,29,32). The highest BCUT2D eigenvalue weighted by Gasteiger charge is 2.29. The zero-order valence-electron chi connectivity index (χ0n) is 21.5. The highest BCUT2D eigenvalue weighted by atomic mass is 32.2. The summed E-state index contributed by atoms with van der Waals surface area (Å²) >= 11 is 0. The highest BCUT2D eigenvalue weighted by molar-refractivity contribution is 7.92. The molecule has 0 amide bonds. The molecule has 0 spiro atoms. The van der Waals surface area contributed by atoms with Crippen molar-refractivity contribution in [3.63, 3.8) is 0 Å². The molecule has 204 valence electrons. The first-order valence-electron chi connectivity index (χ1n) is 13.2. The van der Waals surface area contributed by atoms with E-state index < -0.39 is 15.1 Å². The molecule has 2 saturated heterocycles. The molecule has 2 unspecified atom stereocenters. The number of benzene rings is 2. The number of nitrogens with one attached hydrogen (secondary N) is 3. The van der Waals surface area contributed by atoms with E-state index in [2.05, 4.69) is 33.2 Å². The number of hydrogen-bond donors (Lipinski definition) is 4. The second-order valence-corrected chi connectivity index (χ2v) is 12.2. The van der Waals surface area contributed by atoms with Crippen LogP contribution in [-0.4, -0.2) is 64.6 Å². The van der Waals surface area contributed by atoms with Crippen LogP contribution in [0.4, 0.5) is 0 Å². The second kappa shape index (κ2) is 10.9. The van der Waals surface area contributed by atoms with Crippen molar-refractivity contribution < 1.29 is 18.0 Å². The van der Waals surface area contributed by atoms with Gasteiger partial charge in [0.05, 0.1) is 47.4 Å². The van der Waals surface area contributed by atoms with Crippen molar-refractivity contribution in [3.05, 3.63) is 82.8 Å². The third-order valence-electron chi connectivity index (χ3n) is 7.42. The molecule has 0 bridgehead atoms. The third-order valence-corrected chi connectivity index (χ3v) is 9.63. The van der Waals surface area contributed by atoms with E-state index in [1.54, 1.807) is 24.3 Å². The van der Waals surface area contributed by atoms with Crippen molar-refractivity contribution in [2.75, 3.05) is 39.4 Å². The molecule has 6 rings (SSSR count). The van der Waals surface area contributed by atoms with E-state index >= 15 is 0 Å². The summed E-state index contributed by atoms with van der Waals surface area (Å²) in [5, 5.41) is 6.24. The smallest absolute Gasteiger partial charge is 0.186 e. The van der Waals surface area contributed by atoms with Crippen LogP contribution in [0.15, 0.2) is 80.9 Å². The Morgan fingerprint density at radius 2 is 1.79 bits per heavy atom. The maximum Gasteiger partial charge on any atom is 0.186 e. The molecular formula is C28H32N6O4S. The van der Waals surface area contributed by atoms with Gasteiger partial charge >= 0.3 is 0 Å². The minimum atomic E-state index is -3.39. The molecule has 4 heterocycles. The summed E-state index contributed by atoms with van der Waals surface area (Å²) in [6, 6.07) is 15.3. The topological polar surface area (TPSA) is 139 Å². The fourth-order valence-electron chi connectivity index (χ4n) is 5.15. The van der Waals surface area contributed by atoms with Gasteiger partial charge in [0.2, 0.25) is 0 Å². The summed E-state index contributed by atoms with van der Waals surface area (Å²) in [7, 11) is -3.39. The number of amidine groups is 1. The Balaban J connectivity index is 1.21. The van der Waals surface area contributed by atoms with Crippen molar-refractivity contribution in [2.24, 2.45) is 15.7 Å². The summed E-state index contributed by atoms with van der Waals surface area (Å²) in [6.07, 6.45) is 3.39. The minimum absolute atomic E-state index is 0.191. The summed E-state index contributed by atoms with van der Waals surface area (Å²) in [6.45, 7) is 3.89. The lowest BCUT2D eigenvalue weighted by molar-refractivity contribution is 0.0769. The lowest BCUT2D eigenvalue weighted by atomic mass is 10.0. The highest BCUT2D eigenvalue weighted by Crippen LogP contribution is 2.27. The van der Waals surface area contributed by atoms with Gasteiger partial charge in [0.1, 0.15) is 5.84 Å². The number of allylic oxidation sites excluding steroid dienone is 1. The van der Waals surface area contributed by atoms with Gasteiger partial charge in [-0.05, 0) is 42.6 Å². The number of nitrogens with two attached hydrogens (primary N) is 1. The number of ether oxygens (including phenoxy) is 1. The van der Waals surface area contributed by atoms with E-state index in [-0.39, 0.29) is 11.9 Å². The Morgan fingerprint density at radius 3 is 2.51 bits per heavy atom. The van der Waals surface area contributed by atoms with Gasteiger partial charge in [-0.1, -0.05) is 36.4 Å². The van der Waals surface area contributed by atoms with Crippen molar-refractivity contribution in [1.82, 2.24) is 16.1 Å². The Bertz CT molecular complexity index is 1450. The van der Waals surface area contributed by atoms with Gasteiger partial charge in [0, 0.05) is 24.7 Å². The molecule has 0 radical (unpaired) electrons. The predicted octanol–water partition coefficient (Wildman–Crippen LogP) is 1.82. The van der Waals surface area contributed by atoms with Crippen LogP contribution in [0.25, 0.3) is 5.70 Å². The number of hydrogen-bond acceptors (Lipinski definition) is 10. The predicted molar refractivity (Wildman–Crippen MR) is 150 cm³/mol. The third kappa shape index (κ3) is 5.35. The van der Waals surface area contributed by atoms with Crippen molar-refractivity contribution in [2.45, 2.75) is 29.0 Å². The number of aliphatic imine (C=N–C) groups is 2. The van der Waals surface area contributed by atoms with Crippen molar-refractivity contribution in [3.8, 4) is 0 Å². The van der Waals surface area contributed by atoms with E-state index in [1.807, 2.05) is 18.2 Å². The Kier molecular flexibility index (Phi) is 7.22. The average molecular weight is 549 g/mol. The van der Waals surface area contributed by atoms with Gasteiger partial charge < -0.3 is 25.9 Å². The van der Waals surface area contributed by atoms with Crippen molar-refractivity contribution >= 4 is 27.1 Å². The maximum absolute atomic E-state index is 13.0. The summed E-state index contributed by atoms with van der Waals surface area (Å²) in [5.41, 5.74) is 14.0. The zero-order valence-corrected chi connectivity index (χ0v) is 22.3. The lowest BCUT2D eigenvalue weighted by Gasteiger charge is -2.24. The molecule has 0 saturated carbocycles. The van der Waals surface area contributed by atoms with E-state index in [1.165, 1.54) is 5.56 Å². The first kappa shape index (κ1) is 25.8. The second-order valence-electron chi connectivity index (χ2n) is 9.98. The molecule has 0 aromatic heterocycles. The van der Waals surface area contributed by atoms with E-state index in [9.17, 15) is 8.42 Å². The van der Waals surface area contributed by atoms with Crippen LogP contribution >= 0.6 is 0 Å². The number of rotatable bonds is 5. The van der Waals surface area contributed by atoms with Crippen LogP contribution in [0, 0.1) is 0 Å². The molecule has 39 heavy (non-hydrogen) atoms. The van der Waals surface area contributed by atoms with Gasteiger partial charge in [0.15, 0.2) is 21.3 Å². The quantitative estimate of drug-likeness (QED) is 0.444. The molecule has 2 aromatic rings. The largest absolute Gasteiger partial charge is 0.382 e. The van der Waals surface area contributed by atoms with Gasteiger partial charge in [0.25, 0.3) is 0 Å². The molecule has 2 fully saturated rings. The first-order valence-corrected chi connectivity index (χ1v) is 14.8. The fourth-order valence-corrected chi connectivity index (χ4v) is 6.86. The molecule has 2 atom stereocenters. The van der Waals surface area contributed by atoms with Crippen LogP contribution in [-0.2, 0) is 19.4 Å². The summed E-state index contributed by atoms with van der Waals surface area (Å²) < 4.78 is 31.6. The maximum atomic E-state index is 13.0. The van der Waals surface area contributed by atoms with Crippen LogP contribution in [0.1, 0.15) is 35.6 Å².